The molecule has 2 aromatic heterocycles. The molecule has 21 heavy (non-hydrogen) atoms. The number of halogens is 3. The largest absolute Gasteiger partial charge is 0.241 e. The van der Waals surface area contributed by atoms with Crippen molar-refractivity contribution < 1.29 is 8.78 Å². The molecule has 0 aliphatic carbocycles. The van der Waals surface area contributed by atoms with Gasteiger partial charge in [0.15, 0.2) is 0 Å². The third-order valence-electron chi connectivity index (χ3n) is 3.44. The summed E-state index contributed by atoms with van der Waals surface area (Å²) in [5.74, 6) is -1.13. The van der Waals surface area contributed by atoms with E-state index in [1.54, 1.807) is 0 Å². The Morgan fingerprint density at radius 2 is 1.86 bits per heavy atom. The van der Waals surface area contributed by atoms with Crippen LogP contribution in [0.2, 0.25) is 5.15 Å². The van der Waals surface area contributed by atoms with Crippen LogP contribution in [0.3, 0.4) is 0 Å². The van der Waals surface area contributed by atoms with E-state index in [0.29, 0.717) is 17.5 Å². The fourth-order valence-electron chi connectivity index (χ4n) is 2.23. The van der Waals surface area contributed by atoms with Gasteiger partial charge in [-0.3, -0.25) is 0 Å². The van der Waals surface area contributed by atoms with Crippen molar-refractivity contribution in [3.8, 4) is 0 Å². The lowest BCUT2D eigenvalue weighted by Gasteiger charge is -2.14. The van der Waals surface area contributed by atoms with Gasteiger partial charge >= 0.3 is 0 Å². The average Bonchev–Trinajstić information content (AvgIpc) is 2.41. The fourth-order valence-corrected chi connectivity index (χ4v) is 2.62. The van der Waals surface area contributed by atoms with Crippen LogP contribution < -0.4 is 0 Å². The smallest absolute Gasteiger partial charge is 0.216 e. The maximum Gasteiger partial charge on any atom is 0.216 e. The summed E-state index contributed by atoms with van der Waals surface area (Å²) in [5.41, 5.74) is 1.98. The summed E-state index contributed by atoms with van der Waals surface area (Å²) in [7, 11) is 0. The van der Waals surface area contributed by atoms with Gasteiger partial charge in [0.25, 0.3) is 0 Å². The van der Waals surface area contributed by atoms with Crippen molar-refractivity contribution in [3.05, 3.63) is 58.1 Å². The van der Waals surface area contributed by atoms with E-state index in [4.69, 9.17) is 11.6 Å². The first-order valence-electron chi connectivity index (χ1n) is 6.84. The molecule has 0 spiro atoms. The van der Waals surface area contributed by atoms with E-state index < -0.39 is 11.8 Å². The number of hydrogen-bond donors (Lipinski definition) is 0. The number of nitrogens with zero attached hydrogens (tertiary/aromatic N) is 2. The van der Waals surface area contributed by atoms with Crippen LogP contribution in [0.25, 0.3) is 0 Å². The van der Waals surface area contributed by atoms with Gasteiger partial charge in [0, 0.05) is 11.3 Å². The molecule has 112 valence electrons. The Morgan fingerprint density at radius 1 is 1.14 bits per heavy atom. The molecule has 0 saturated heterocycles. The predicted molar refractivity (Wildman–Crippen MR) is 79.6 cm³/mol. The highest BCUT2D eigenvalue weighted by atomic mass is 35.5. The Morgan fingerprint density at radius 3 is 2.48 bits per heavy atom. The second-order valence-electron chi connectivity index (χ2n) is 5.48. The van der Waals surface area contributed by atoms with E-state index in [2.05, 4.69) is 9.97 Å². The van der Waals surface area contributed by atoms with Gasteiger partial charge in [0.1, 0.15) is 11.0 Å². The molecule has 0 fully saturated rings. The Balaban J connectivity index is 2.21. The van der Waals surface area contributed by atoms with Crippen LogP contribution in [-0.2, 0) is 6.42 Å². The lowest BCUT2D eigenvalue weighted by atomic mass is 9.96. The molecule has 0 aliphatic heterocycles. The fraction of sp³-hybridized carbons (Fsp3) is 0.375. The third-order valence-corrected chi connectivity index (χ3v) is 3.74. The summed E-state index contributed by atoms with van der Waals surface area (Å²) < 4.78 is 26.8. The molecule has 2 rings (SSSR count). The quantitative estimate of drug-likeness (QED) is 0.752. The first-order valence-corrected chi connectivity index (χ1v) is 7.22. The summed E-state index contributed by atoms with van der Waals surface area (Å²) in [5, 5.41) is 0.465. The molecular weight excluding hydrogens is 294 g/mol. The van der Waals surface area contributed by atoms with Gasteiger partial charge in [-0.2, -0.15) is 4.39 Å². The standard InChI is InChI=1S/C16H17ClF2N2/c1-9(2)13-5-4-12(21-15(13)17)6-10(3)14-7-11(18)8-20-16(14)19/h4-5,7-10H,6H2,1-3H3. The van der Waals surface area contributed by atoms with Crippen molar-refractivity contribution >= 4 is 11.6 Å². The van der Waals surface area contributed by atoms with Crippen LogP contribution in [-0.4, -0.2) is 9.97 Å². The van der Waals surface area contributed by atoms with Gasteiger partial charge < -0.3 is 0 Å². The number of rotatable bonds is 4. The normalized spacial score (nSPS) is 12.7. The average molecular weight is 311 g/mol. The van der Waals surface area contributed by atoms with Crippen LogP contribution in [0.5, 0.6) is 0 Å². The Hall–Kier alpha value is -1.55. The van der Waals surface area contributed by atoms with Crippen molar-refractivity contribution in [2.45, 2.75) is 39.0 Å². The van der Waals surface area contributed by atoms with Crippen LogP contribution in [0.1, 0.15) is 49.4 Å². The summed E-state index contributed by atoms with van der Waals surface area (Å²) in [6.45, 7) is 5.89. The van der Waals surface area contributed by atoms with E-state index in [9.17, 15) is 8.78 Å². The minimum Gasteiger partial charge on any atom is -0.241 e. The van der Waals surface area contributed by atoms with Gasteiger partial charge in [-0.25, -0.2) is 14.4 Å². The molecule has 0 radical (unpaired) electrons. The molecule has 5 heteroatoms. The second-order valence-corrected chi connectivity index (χ2v) is 5.83. The van der Waals surface area contributed by atoms with Crippen molar-refractivity contribution in [2.24, 2.45) is 0 Å². The van der Waals surface area contributed by atoms with Crippen LogP contribution in [0, 0.1) is 11.8 Å². The highest BCUT2D eigenvalue weighted by Gasteiger charge is 2.16. The van der Waals surface area contributed by atoms with Gasteiger partial charge in [-0.05, 0) is 36.0 Å². The summed E-state index contributed by atoms with van der Waals surface area (Å²) in [6.07, 6.45) is 1.35. The molecule has 0 aromatic carbocycles. The SMILES string of the molecule is CC(C)c1ccc(CC(C)c2cc(F)cnc2F)nc1Cl. The topological polar surface area (TPSA) is 25.8 Å². The first-order chi connectivity index (χ1) is 9.88. The van der Waals surface area contributed by atoms with Crippen LogP contribution in [0.15, 0.2) is 24.4 Å². The third kappa shape index (κ3) is 3.76. The first kappa shape index (κ1) is 15.8. The number of aromatic nitrogens is 2. The highest BCUT2D eigenvalue weighted by molar-refractivity contribution is 6.30. The zero-order chi connectivity index (χ0) is 15.6. The monoisotopic (exact) mass is 310 g/mol. The predicted octanol–water partition coefficient (Wildman–Crippen LogP) is 4.88. The molecule has 0 bridgehead atoms. The van der Waals surface area contributed by atoms with E-state index >= 15 is 0 Å². The zero-order valence-corrected chi connectivity index (χ0v) is 13.0. The highest BCUT2D eigenvalue weighted by Crippen LogP contribution is 2.26. The van der Waals surface area contributed by atoms with E-state index in [1.165, 1.54) is 6.07 Å². The summed E-state index contributed by atoms with van der Waals surface area (Å²) in [4.78, 5) is 7.75. The number of hydrogen-bond acceptors (Lipinski definition) is 2. The van der Waals surface area contributed by atoms with Gasteiger partial charge in [-0.15, -0.1) is 0 Å². The Bertz CT molecular complexity index is 644. The van der Waals surface area contributed by atoms with E-state index in [0.717, 1.165) is 17.5 Å². The minimum atomic E-state index is -0.645. The number of pyridine rings is 2. The molecule has 0 aliphatic rings. The molecule has 0 amide bonds. The molecule has 0 N–H and O–H groups in total. The molecule has 1 unspecified atom stereocenters. The molecule has 2 heterocycles. The van der Waals surface area contributed by atoms with Crippen LogP contribution >= 0.6 is 11.6 Å². The Labute approximate surface area is 128 Å². The lowest BCUT2D eigenvalue weighted by Crippen LogP contribution is -2.06. The summed E-state index contributed by atoms with van der Waals surface area (Å²) >= 11 is 6.15. The van der Waals surface area contributed by atoms with Gasteiger partial charge in [0.05, 0.1) is 6.20 Å². The second kappa shape index (κ2) is 6.48. The molecular formula is C16H17ClF2N2. The van der Waals surface area contributed by atoms with Crippen molar-refractivity contribution in [3.63, 3.8) is 0 Å². The molecule has 0 saturated carbocycles. The molecule has 2 aromatic rings. The maximum absolute atomic E-state index is 13.6. The zero-order valence-electron chi connectivity index (χ0n) is 12.2. The minimum absolute atomic E-state index is 0.235. The van der Waals surface area contributed by atoms with Crippen LogP contribution in [0.4, 0.5) is 8.78 Å². The van der Waals surface area contributed by atoms with Gasteiger partial charge in [-0.1, -0.05) is 38.4 Å². The van der Waals surface area contributed by atoms with E-state index in [1.807, 2.05) is 32.9 Å². The Kier molecular flexibility index (Phi) is 4.88. The van der Waals surface area contributed by atoms with Crippen molar-refractivity contribution in [2.75, 3.05) is 0 Å². The van der Waals surface area contributed by atoms with E-state index in [-0.39, 0.29) is 11.5 Å². The maximum atomic E-state index is 13.6. The lowest BCUT2D eigenvalue weighted by molar-refractivity contribution is 0.527. The molecule has 1 atom stereocenters. The molecule has 2 nitrogen and oxygen atoms in total. The summed E-state index contributed by atoms with van der Waals surface area (Å²) in [6, 6.07) is 4.99. The van der Waals surface area contributed by atoms with Crippen molar-refractivity contribution in [1.29, 1.82) is 0 Å². The van der Waals surface area contributed by atoms with Crippen molar-refractivity contribution in [1.82, 2.24) is 9.97 Å². The van der Waals surface area contributed by atoms with Gasteiger partial charge in [0.2, 0.25) is 5.95 Å².